The van der Waals surface area contributed by atoms with Gasteiger partial charge in [0.2, 0.25) is 6.41 Å². The van der Waals surface area contributed by atoms with Crippen molar-refractivity contribution in [1.29, 1.82) is 0 Å². The summed E-state index contributed by atoms with van der Waals surface area (Å²) in [7, 11) is 0. The van der Waals surface area contributed by atoms with Crippen molar-refractivity contribution in [1.82, 2.24) is 5.48 Å². The van der Waals surface area contributed by atoms with Crippen molar-refractivity contribution in [3.05, 3.63) is 0 Å². The smallest absolute Gasteiger partial charge is 0.433 e. The molecule has 0 atom stereocenters. The summed E-state index contributed by atoms with van der Waals surface area (Å²) < 4.78 is 4.47. The highest BCUT2D eigenvalue weighted by Gasteiger charge is 1.92. The Morgan fingerprint density at radius 2 is 2.42 bits per heavy atom. The van der Waals surface area contributed by atoms with Crippen molar-refractivity contribution >= 4 is 18.7 Å². The van der Waals surface area contributed by atoms with Crippen LogP contribution in [0.4, 0.5) is 4.79 Å². The third-order valence-electron chi connectivity index (χ3n) is 0.754. The normalized spacial score (nSPS) is 9.75. The van der Waals surface area contributed by atoms with Crippen LogP contribution in [0, 0.1) is 0 Å². The third-order valence-corrected chi connectivity index (χ3v) is 0.754. The van der Waals surface area contributed by atoms with Gasteiger partial charge in [-0.2, -0.15) is 4.99 Å². The Hall–Kier alpha value is -1.43. The maximum atomic E-state index is 10.5. The molecule has 0 aromatic rings. The molecule has 0 heterocycles. The van der Waals surface area contributed by atoms with Gasteiger partial charge < -0.3 is 4.74 Å². The topological polar surface area (TPSA) is 77.0 Å². The molecule has 0 aliphatic carbocycles. The number of hydrogen-bond acceptors (Lipinski definition) is 4. The minimum Gasteiger partial charge on any atom is -0.448 e. The fraction of sp³-hybridized carbons (Fsp3) is 0.500. The van der Waals surface area contributed by atoms with Crippen molar-refractivity contribution in [2.24, 2.45) is 4.99 Å². The summed E-state index contributed by atoms with van der Waals surface area (Å²) in [6.45, 7) is 1.99. The van der Waals surface area contributed by atoms with Crippen molar-refractivity contribution in [2.75, 3.05) is 13.2 Å². The molecule has 0 aliphatic heterocycles. The van der Waals surface area contributed by atoms with Gasteiger partial charge in [0.25, 0.3) is 0 Å². The number of aliphatic imine (C=N–C) groups is 1. The second kappa shape index (κ2) is 7.67. The Labute approximate surface area is 69.5 Å². The summed E-state index contributed by atoms with van der Waals surface area (Å²) in [5, 5.41) is 0. The number of amides is 2. The van der Waals surface area contributed by atoms with E-state index in [1.807, 2.05) is 5.48 Å². The molecule has 0 aromatic heterocycles. The number of hydroxylamine groups is 1. The molecule has 0 radical (unpaired) electrons. The molecule has 12 heavy (non-hydrogen) atoms. The monoisotopic (exact) mass is 174 g/mol. The lowest BCUT2D eigenvalue weighted by Gasteiger charge is -1.94. The van der Waals surface area contributed by atoms with Gasteiger partial charge >= 0.3 is 6.09 Å². The summed E-state index contributed by atoms with van der Waals surface area (Å²) >= 11 is 0. The highest BCUT2D eigenvalue weighted by atomic mass is 16.6. The Bertz CT molecular complexity index is 169. The molecule has 0 unspecified atom stereocenters. The fourth-order valence-corrected chi connectivity index (χ4v) is 0.392. The SMILES string of the molecule is CCOC(=O)N=CCONC=O. The van der Waals surface area contributed by atoms with Gasteiger partial charge in [-0.15, -0.1) is 0 Å². The maximum absolute atomic E-state index is 10.5. The van der Waals surface area contributed by atoms with E-state index >= 15 is 0 Å². The van der Waals surface area contributed by atoms with E-state index in [0.29, 0.717) is 6.41 Å². The first-order valence-electron chi connectivity index (χ1n) is 3.31. The lowest BCUT2D eigenvalue weighted by molar-refractivity contribution is -0.119. The number of hydrogen-bond donors (Lipinski definition) is 1. The van der Waals surface area contributed by atoms with Crippen LogP contribution in [0.5, 0.6) is 0 Å². The molecule has 1 N–H and O–H groups in total. The molecule has 0 saturated heterocycles. The van der Waals surface area contributed by atoms with Crippen molar-refractivity contribution in [3.63, 3.8) is 0 Å². The molecule has 68 valence electrons. The molecule has 2 amide bonds. The number of ether oxygens (including phenoxy) is 1. The van der Waals surface area contributed by atoms with Gasteiger partial charge in [0.1, 0.15) is 6.61 Å². The van der Waals surface area contributed by atoms with Crippen molar-refractivity contribution in [3.8, 4) is 0 Å². The molecule has 6 nitrogen and oxygen atoms in total. The summed E-state index contributed by atoms with van der Waals surface area (Å²) in [5.41, 5.74) is 1.93. The Morgan fingerprint density at radius 1 is 1.67 bits per heavy atom. The number of nitrogens with zero attached hydrogens (tertiary/aromatic N) is 1. The predicted octanol–water partition coefficient (Wildman–Crippen LogP) is -0.109. The van der Waals surface area contributed by atoms with E-state index in [9.17, 15) is 9.59 Å². The van der Waals surface area contributed by atoms with E-state index in [4.69, 9.17) is 0 Å². The Balaban J connectivity index is 3.34. The maximum Gasteiger partial charge on any atom is 0.433 e. The van der Waals surface area contributed by atoms with Crippen LogP contribution in [-0.4, -0.2) is 31.9 Å². The first-order chi connectivity index (χ1) is 5.81. The van der Waals surface area contributed by atoms with Crippen LogP contribution >= 0.6 is 0 Å². The highest BCUT2D eigenvalue weighted by molar-refractivity contribution is 5.79. The summed E-state index contributed by atoms with van der Waals surface area (Å²) in [6, 6.07) is 0. The van der Waals surface area contributed by atoms with E-state index in [1.54, 1.807) is 6.92 Å². The molecule has 0 saturated carbocycles. The number of nitrogens with one attached hydrogen (secondary N) is 1. The van der Waals surface area contributed by atoms with Gasteiger partial charge in [-0.05, 0) is 6.92 Å². The van der Waals surface area contributed by atoms with Crippen LogP contribution in [-0.2, 0) is 14.4 Å². The van der Waals surface area contributed by atoms with E-state index in [0.717, 1.165) is 0 Å². The van der Waals surface area contributed by atoms with E-state index in [-0.39, 0.29) is 13.2 Å². The molecule has 6 heteroatoms. The van der Waals surface area contributed by atoms with Gasteiger partial charge in [-0.3, -0.25) is 9.63 Å². The quantitative estimate of drug-likeness (QED) is 0.273. The zero-order valence-corrected chi connectivity index (χ0v) is 6.65. The highest BCUT2D eigenvalue weighted by Crippen LogP contribution is 1.80. The van der Waals surface area contributed by atoms with E-state index in [1.165, 1.54) is 6.21 Å². The van der Waals surface area contributed by atoms with Crippen LogP contribution in [0.25, 0.3) is 0 Å². The van der Waals surface area contributed by atoms with E-state index < -0.39 is 6.09 Å². The second-order valence-corrected chi connectivity index (χ2v) is 1.56. The van der Waals surface area contributed by atoms with Crippen molar-refractivity contribution in [2.45, 2.75) is 6.92 Å². The lowest BCUT2D eigenvalue weighted by Crippen LogP contribution is -2.13. The molecule has 0 aromatic carbocycles. The molecular weight excluding hydrogens is 164 g/mol. The van der Waals surface area contributed by atoms with Gasteiger partial charge in [-0.25, -0.2) is 10.3 Å². The Kier molecular flexibility index (Phi) is 6.76. The molecule has 0 bridgehead atoms. The molecular formula is C6H10N2O4. The lowest BCUT2D eigenvalue weighted by atomic mass is 10.8. The minimum atomic E-state index is -0.674. The predicted molar refractivity (Wildman–Crippen MR) is 40.7 cm³/mol. The van der Waals surface area contributed by atoms with Crippen LogP contribution in [0.3, 0.4) is 0 Å². The summed E-state index contributed by atoms with van der Waals surface area (Å²) in [4.78, 5) is 27.9. The number of carbonyl (C=O) groups is 2. The van der Waals surface area contributed by atoms with Crippen molar-refractivity contribution < 1.29 is 19.2 Å². The largest absolute Gasteiger partial charge is 0.448 e. The summed E-state index contributed by atoms with van der Waals surface area (Å²) in [6.07, 6.45) is 0.888. The molecule has 0 rings (SSSR count). The molecule has 0 spiro atoms. The van der Waals surface area contributed by atoms with Gasteiger partial charge in [-0.1, -0.05) is 0 Å². The van der Waals surface area contributed by atoms with Crippen LogP contribution < -0.4 is 5.48 Å². The average Bonchev–Trinajstić information content (AvgIpc) is 2.05. The Morgan fingerprint density at radius 3 is 3.00 bits per heavy atom. The molecule has 0 aliphatic rings. The van der Waals surface area contributed by atoms with Gasteiger partial charge in [0.15, 0.2) is 0 Å². The first kappa shape index (κ1) is 10.6. The zero-order chi connectivity index (χ0) is 9.23. The standard InChI is InChI=1S/C6H10N2O4/c1-2-11-6(10)7-3-4-12-8-5-9/h3,5H,2,4H2,1H3,(H,8,9). The fourth-order valence-electron chi connectivity index (χ4n) is 0.392. The number of carbonyl (C=O) groups excluding carboxylic acids is 2. The van der Waals surface area contributed by atoms with Gasteiger partial charge in [0.05, 0.1) is 6.61 Å². The zero-order valence-electron chi connectivity index (χ0n) is 6.65. The van der Waals surface area contributed by atoms with Crippen LogP contribution in [0.2, 0.25) is 0 Å². The number of rotatable bonds is 5. The van der Waals surface area contributed by atoms with Crippen LogP contribution in [0.15, 0.2) is 4.99 Å². The minimum absolute atomic E-state index is 0.0254. The summed E-state index contributed by atoms with van der Waals surface area (Å²) in [5.74, 6) is 0. The molecule has 0 fully saturated rings. The van der Waals surface area contributed by atoms with E-state index in [2.05, 4.69) is 14.6 Å². The third kappa shape index (κ3) is 6.69. The second-order valence-electron chi connectivity index (χ2n) is 1.56. The first-order valence-corrected chi connectivity index (χ1v) is 3.31. The van der Waals surface area contributed by atoms with Crippen LogP contribution in [0.1, 0.15) is 6.92 Å². The van der Waals surface area contributed by atoms with Gasteiger partial charge in [0, 0.05) is 6.21 Å². The average molecular weight is 174 g/mol.